The maximum absolute atomic E-state index is 13.9. The van der Waals surface area contributed by atoms with Gasteiger partial charge in [-0.25, -0.2) is 19.6 Å². The lowest BCUT2D eigenvalue weighted by Gasteiger charge is -2.28. The van der Waals surface area contributed by atoms with E-state index in [1.165, 1.54) is 26.2 Å². The highest BCUT2D eigenvalue weighted by Crippen LogP contribution is 2.35. The first-order valence-corrected chi connectivity index (χ1v) is 22.4. The summed E-state index contributed by atoms with van der Waals surface area (Å²) in [7, 11) is 4.71. The molecule has 2 aliphatic heterocycles. The van der Waals surface area contributed by atoms with Crippen molar-refractivity contribution in [1.29, 1.82) is 0 Å². The zero-order chi connectivity index (χ0) is 46.7. The van der Waals surface area contributed by atoms with Gasteiger partial charge < -0.3 is 39.8 Å². The summed E-state index contributed by atoms with van der Waals surface area (Å²) in [5.41, 5.74) is 10.1. The number of imidazole rings is 2. The molecule has 67 heavy (non-hydrogen) atoms. The minimum Gasteiger partial charge on any atom is -0.453 e. The minimum atomic E-state index is -0.856. The molecule has 0 aliphatic carbocycles. The molecule has 4 heterocycles. The molecule has 0 unspecified atom stereocenters. The lowest BCUT2D eigenvalue weighted by Crippen LogP contribution is -2.42. The van der Waals surface area contributed by atoms with Gasteiger partial charge in [-0.1, -0.05) is 133 Å². The summed E-state index contributed by atoms with van der Waals surface area (Å²) in [6, 6.07) is 42.6. The van der Waals surface area contributed by atoms with Crippen LogP contribution in [0.3, 0.4) is 0 Å². The van der Waals surface area contributed by atoms with Crippen molar-refractivity contribution < 1.29 is 28.7 Å². The number of methoxy groups -OCH3 is 2. The quantitative estimate of drug-likeness (QED) is 0.0871. The Hall–Kier alpha value is -7.84. The molecule has 14 nitrogen and oxygen atoms in total. The molecule has 14 heteroatoms. The molecule has 0 bridgehead atoms. The lowest BCUT2D eigenvalue weighted by atomic mass is 9.98. The molecule has 0 spiro atoms. The average Bonchev–Trinajstić information content (AvgIpc) is 4.24. The number of ether oxygens (including phenoxy) is 2. The SMILES string of the molecule is COC(=O)N[C@@H](C(=O)N1CCC[C@H]1c1ncc(-c2ccc(-c3ccc(-c4ccc(-c5cnc([C@@H]6CCCN6C)[nH]5)cc4)cc3)cc2)[nH]1)c1ccccc1.COC(=O)N[C@@H](C=O)c1ccccc1. The third-order valence-electron chi connectivity index (χ3n) is 12.4. The number of aldehydes is 1. The van der Waals surface area contributed by atoms with Crippen LogP contribution in [0, 0.1) is 0 Å². The van der Waals surface area contributed by atoms with E-state index in [0.717, 1.165) is 82.2 Å². The Morgan fingerprint density at radius 3 is 1.49 bits per heavy atom. The van der Waals surface area contributed by atoms with Crippen molar-refractivity contribution >= 4 is 24.4 Å². The summed E-state index contributed by atoms with van der Waals surface area (Å²) in [4.78, 5) is 68.2. The molecule has 0 radical (unpaired) electrons. The Morgan fingerprint density at radius 1 is 0.597 bits per heavy atom. The van der Waals surface area contributed by atoms with Crippen LogP contribution in [-0.4, -0.2) is 88.5 Å². The van der Waals surface area contributed by atoms with Gasteiger partial charge >= 0.3 is 12.2 Å². The molecule has 5 aromatic carbocycles. The molecule has 9 rings (SSSR count). The second-order valence-corrected chi connectivity index (χ2v) is 16.6. The van der Waals surface area contributed by atoms with Crippen LogP contribution in [0.15, 0.2) is 146 Å². The van der Waals surface area contributed by atoms with Gasteiger partial charge in [-0.15, -0.1) is 0 Å². The van der Waals surface area contributed by atoms with Crippen LogP contribution < -0.4 is 10.6 Å². The summed E-state index contributed by atoms with van der Waals surface area (Å²) < 4.78 is 9.22. The first-order valence-electron chi connectivity index (χ1n) is 22.4. The number of H-pyrrole nitrogens is 2. The van der Waals surface area contributed by atoms with E-state index in [9.17, 15) is 19.2 Å². The number of nitrogens with zero attached hydrogens (tertiary/aromatic N) is 4. The van der Waals surface area contributed by atoms with Gasteiger partial charge in [0.15, 0.2) is 0 Å². The predicted octanol–water partition coefficient (Wildman–Crippen LogP) is 9.61. The normalized spacial score (nSPS) is 16.6. The van der Waals surface area contributed by atoms with Crippen LogP contribution in [0.4, 0.5) is 9.59 Å². The van der Waals surface area contributed by atoms with Crippen molar-refractivity contribution in [3.8, 4) is 44.8 Å². The topological polar surface area (TPSA) is 175 Å². The Balaban J connectivity index is 0.000000374. The number of hydrogen-bond acceptors (Lipinski definition) is 9. The fourth-order valence-corrected chi connectivity index (χ4v) is 8.73. The maximum Gasteiger partial charge on any atom is 0.407 e. The van der Waals surface area contributed by atoms with Crippen LogP contribution in [0.25, 0.3) is 44.8 Å². The molecule has 0 saturated carbocycles. The summed E-state index contributed by atoms with van der Waals surface area (Å²) in [5.74, 6) is 1.59. The standard InChI is InChI=1S/C43H43N7O3.C10H11NO3/c1-49-24-6-10-37(49)40-44-26-35(46-40)32-20-16-30(17-21-32)28-12-14-29(15-13-28)31-18-22-33(23-19-31)36-27-45-41(47-36)38-11-7-25-50(38)42(51)39(48-43(52)53-2)34-8-4-3-5-9-34;1-14-10(13)11-9(7-12)8-5-3-2-4-6-8/h3-5,8-9,12-23,26-27,37-39H,6-7,10-11,24-25H2,1-2H3,(H,44,46)(H,45,47)(H,48,52);2-7,9H,1H3,(H,11,13)/t37-,38-,39+;9-/m00/s1. The van der Waals surface area contributed by atoms with E-state index in [2.05, 4.69) is 115 Å². The van der Waals surface area contributed by atoms with Crippen LogP contribution in [0.2, 0.25) is 0 Å². The Morgan fingerprint density at radius 2 is 1.03 bits per heavy atom. The molecule has 2 saturated heterocycles. The summed E-state index contributed by atoms with van der Waals surface area (Å²) in [6.07, 6.45) is 7.14. The monoisotopic (exact) mass is 898 g/mol. The molecule has 7 aromatic rings. The summed E-state index contributed by atoms with van der Waals surface area (Å²) in [5, 5.41) is 5.13. The number of hydrogen-bond donors (Lipinski definition) is 4. The molecule has 4 atom stereocenters. The second-order valence-electron chi connectivity index (χ2n) is 16.6. The van der Waals surface area contributed by atoms with Crippen LogP contribution in [0.5, 0.6) is 0 Å². The molecular formula is C53H54N8O6. The number of aromatic nitrogens is 4. The molecule has 4 N–H and O–H groups in total. The van der Waals surface area contributed by atoms with Crippen LogP contribution in [-0.2, 0) is 19.1 Å². The number of benzene rings is 5. The third-order valence-corrected chi connectivity index (χ3v) is 12.4. The highest BCUT2D eigenvalue weighted by atomic mass is 16.5. The van der Waals surface area contributed by atoms with E-state index in [-0.39, 0.29) is 11.9 Å². The van der Waals surface area contributed by atoms with E-state index in [1.54, 1.807) is 24.3 Å². The van der Waals surface area contributed by atoms with E-state index < -0.39 is 24.3 Å². The van der Waals surface area contributed by atoms with Crippen molar-refractivity contribution in [2.75, 3.05) is 34.4 Å². The number of aromatic amines is 2. The van der Waals surface area contributed by atoms with Crippen molar-refractivity contribution in [2.24, 2.45) is 0 Å². The molecule has 2 aliphatic rings. The fourth-order valence-electron chi connectivity index (χ4n) is 8.73. The molecule has 342 valence electrons. The lowest BCUT2D eigenvalue weighted by molar-refractivity contribution is -0.134. The summed E-state index contributed by atoms with van der Waals surface area (Å²) >= 11 is 0. The second kappa shape index (κ2) is 21.4. The van der Waals surface area contributed by atoms with Crippen molar-refractivity contribution in [3.63, 3.8) is 0 Å². The third kappa shape index (κ3) is 10.8. The number of amides is 3. The molecule has 2 aromatic heterocycles. The predicted molar refractivity (Wildman–Crippen MR) is 256 cm³/mol. The van der Waals surface area contributed by atoms with Crippen molar-refractivity contribution in [2.45, 2.75) is 49.9 Å². The number of likely N-dealkylation sites (tertiary alicyclic amines) is 2. The maximum atomic E-state index is 13.9. The zero-order valence-electron chi connectivity index (χ0n) is 37.7. The largest absolute Gasteiger partial charge is 0.453 e. The van der Waals surface area contributed by atoms with E-state index in [1.807, 2.05) is 53.7 Å². The number of carbonyl (C=O) groups excluding carboxylic acids is 4. The van der Waals surface area contributed by atoms with Gasteiger partial charge in [-0.05, 0) is 83.8 Å². The van der Waals surface area contributed by atoms with Gasteiger partial charge in [0.1, 0.15) is 30.0 Å². The van der Waals surface area contributed by atoms with E-state index >= 15 is 0 Å². The smallest absolute Gasteiger partial charge is 0.407 e. The van der Waals surface area contributed by atoms with Gasteiger partial charge in [0.25, 0.3) is 5.91 Å². The van der Waals surface area contributed by atoms with Crippen LogP contribution in [0.1, 0.15) is 72.6 Å². The molecule has 2 fully saturated rings. The van der Waals surface area contributed by atoms with Crippen molar-refractivity contribution in [1.82, 2.24) is 40.4 Å². The van der Waals surface area contributed by atoms with Gasteiger partial charge in [0.05, 0.1) is 50.1 Å². The van der Waals surface area contributed by atoms with Crippen LogP contribution >= 0.6 is 0 Å². The highest BCUT2D eigenvalue weighted by molar-refractivity contribution is 5.87. The number of carbonyl (C=O) groups is 4. The Bertz CT molecular complexity index is 2740. The molecule has 3 amide bonds. The number of alkyl carbamates (subject to hydrolysis) is 2. The zero-order valence-corrected chi connectivity index (χ0v) is 37.7. The van der Waals surface area contributed by atoms with Crippen molar-refractivity contribution in [3.05, 3.63) is 169 Å². The van der Waals surface area contributed by atoms with Gasteiger partial charge in [-0.2, -0.15) is 0 Å². The average molecular weight is 899 g/mol. The van der Waals surface area contributed by atoms with Gasteiger partial charge in [-0.3, -0.25) is 9.69 Å². The molecular weight excluding hydrogens is 845 g/mol. The fraction of sp³-hybridized carbons (Fsp3) is 0.245. The van der Waals surface area contributed by atoms with Gasteiger partial charge in [0.2, 0.25) is 0 Å². The van der Waals surface area contributed by atoms with Gasteiger partial charge in [0, 0.05) is 6.54 Å². The first kappa shape index (κ1) is 45.7. The Labute approximate surface area is 389 Å². The Kier molecular flexibility index (Phi) is 14.6. The minimum absolute atomic E-state index is 0.190. The van der Waals surface area contributed by atoms with E-state index in [4.69, 9.17) is 9.72 Å². The highest BCUT2D eigenvalue weighted by Gasteiger charge is 2.37. The first-order chi connectivity index (χ1) is 32.7. The number of nitrogens with one attached hydrogen (secondary N) is 4. The summed E-state index contributed by atoms with van der Waals surface area (Å²) in [6.45, 7) is 1.70. The number of rotatable bonds is 12. The van der Waals surface area contributed by atoms with E-state index in [0.29, 0.717) is 24.4 Å².